The minimum Gasteiger partial charge on any atom is -0.462 e. The van der Waals surface area contributed by atoms with Crippen molar-refractivity contribution in [3.8, 4) is 0 Å². The Balaban J connectivity index is 3.71. The number of aliphatic hydroxyl groups excluding tert-OH is 1. The number of carbonyl (C=O) groups is 2. The number of hydrogen-bond acceptors (Lipinski definition) is 5. The van der Waals surface area contributed by atoms with Crippen molar-refractivity contribution in [1.82, 2.24) is 0 Å². The van der Waals surface area contributed by atoms with Crippen molar-refractivity contribution in [3.05, 3.63) is 85.1 Å². The van der Waals surface area contributed by atoms with Gasteiger partial charge in [0.25, 0.3) is 0 Å². The molecular formula is C42H68O5. The Morgan fingerprint density at radius 1 is 0.511 bits per heavy atom. The Morgan fingerprint density at radius 3 is 1.40 bits per heavy atom. The maximum Gasteiger partial charge on any atom is 0.306 e. The van der Waals surface area contributed by atoms with Crippen molar-refractivity contribution in [2.45, 2.75) is 155 Å². The van der Waals surface area contributed by atoms with Crippen LogP contribution < -0.4 is 0 Å². The number of carbonyl (C=O) groups excluding carboxylic acids is 2. The molecule has 0 aliphatic rings. The number of allylic oxidation sites excluding steroid dienone is 14. The Morgan fingerprint density at radius 2 is 0.915 bits per heavy atom. The lowest BCUT2D eigenvalue weighted by Gasteiger charge is -2.15. The van der Waals surface area contributed by atoms with Crippen LogP contribution in [0.3, 0.4) is 0 Å². The summed E-state index contributed by atoms with van der Waals surface area (Å²) in [6.07, 6.45) is 50.6. The molecule has 0 amide bonds. The highest BCUT2D eigenvalue weighted by Crippen LogP contribution is 2.10. The molecule has 0 radical (unpaired) electrons. The molecule has 5 nitrogen and oxygen atoms in total. The first kappa shape index (κ1) is 44.1. The zero-order chi connectivity index (χ0) is 34.3. The van der Waals surface area contributed by atoms with Crippen LogP contribution in [-0.2, 0) is 19.1 Å². The van der Waals surface area contributed by atoms with Crippen LogP contribution in [-0.4, -0.2) is 36.4 Å². The second-order valence-electron chi connectivity index (χ2n) is 11.9. The molecule has 47 heavy (non-hydrogen) atoms. The topological polar surface area (TPSA) is 72.8 Å². The Labute approximate surface area is 288 Å². The van der Waals surface area contributed by atoms with Crippen molar-refractivity contribution in [2.75, 3.05) is 13.2 Å². The summed E-state index contributed by atoms with van der Waals surface area (Å²) in [7, 11) is 0. The van der Waals surface area contributed by atoms with Gasteiger partial charge in [0.1, 0.15) is 6.61 Å². The van der Waals surface area contributed by atoms with Crippen LogP contribution in [0.25, 0.3) is 0 Å². The van der Waals surface area contributed by atoms with E-state index < -0.39 is 6.10 Å². The number of hydrogen-bond donors (Lipinski definition) is 1. The van der Waals surface area contributed by atoms with Gasteiger partial charge in [-0.2, -0.15) is 0 Å². The van der Waals surface area contributed by atoms with Crippen LogP contribution in [0.4, 0.5) is 0 Å². The van der Waals surface area contributed by atoms with E-state index in [-0.39, 0.29) is 25.2 Å². The van der Waals surface area contributed by atoms with E-state index in [1.165, 1.54) is 25.7 Å². The highest BCUT2D eigenvalue weighted by Gasteiger charge is 2.16. The molecule has 0 bridgehead atoms. The minimum absolute atomic E-state index is 0.0920. The SMILES string of the molecule is CC/C=C/C/C=C/C/C=C/C/C=C/C/C=C/CCCCCC(=O)O[C@@H](CO)COC(=O)CCCCCCC/C=C/C/C=C/CCCC. The third-order valence-corrected chi connectivity index (χ3v) is 7.42. The first-order valence-electron chi connectivity index (χ1n) is 18.6. The summed E-state index contributed by atoms with van der Waals surface area (Å²) in [5.41, 5.74) is 0. The first-order valence-corrected chi connectivity index (χ1v) is 18.6. The highest BCUT2D eigenvalue weighted by atomic mass is 16.6. The van der Waals surface area contributed by atoms with Crippen molar-refractivity contribution >= 4 is 11.9 Å². The first-order chi connectivity index (χ1) is 23.1. The Bertz CT molecular complexity index is 921. The van der Waals surface area contributed by atoms with Crippen LogP contribution in [0.2, 0.25) is 0 Å². The molecule has 0 aromatic heterocycles. The molecule has 0 heterocycles. The predicted molar refractivity (Wildman–Crippen MR) is 200 cm³/mol. The predicted octanol–water partition coefficient (Wildman–Crippen LogP) is 11.6. The molecule has 0 saturated carbocycles. The fraction of sp³-hybridized carbons (Fsp3) is 0.619. The second kappa shape index (κ2) is 37.5. The van der Waals surface area contributed by atoms with E-state index in [1.54, 1.807) is 0 Å². The normalized spacial score (nSPS) is 13.2. The molecule has 0 fully saturated rings. The molecule has 266 valence electrons. The van der Waals surface area contributed by atoms with Gasteiger partial charge in [-0.1, -0.05) is 137 Å². The maximum absolute atomic E-state index is 12.1. The van der Waals surface area contributed by atoms with Crippen LogP contribution >= 0.6 is 0 Å². The molecular weight excluding hydrogens is 584 g/mol. The molecule has 1 atom stereocenters. The fourth-order valence-corrected chi connectivity index (χ4v) is 4.59. The zero-order valence-corrected chi connectivity index (χ0v) is 30.0. The zero-order valence-electron chi connectivity index (χ0n) is 30.0. The van der Waals surface area contributed by atoms with Gasteiger partial charge >= 0.3 is 11.9 Å². The lowest BCUT2D eigenvalue weighted by atomic mass is 10.1. The van der Waals surface area contributed by atoms with E-state index in [4.69, 9.17) is 9.47 Å². The number of aliphatic hydroxyl groups is 1. The monoisotopic (exact) mass is 653 g/mol. The molecule has 0 spiro atoms. The molecule has 1 N–H and O–H groups in total. The van der Waals surface area contributed by atoms with Gasteiger partial charge in [0, 0.05) is 12.8 Å². The van der Waals surface area contributed by atoms with E-state index in [2.05, 4.69) is 98.9 Å². The van der Waals surface area contributed by atoms with E-state index in [0.29, 0.717) is 12.8 Å². The number of unbranched alkanes of at least 4 members (excludes halogenated alkanes) is 10. The number of rotatable bonds is 32. The van der Waals surface area contributed by atoms with Gasteiger partial charge in [-0.05, 0) is 83.5 Å². The summed E-state index contributed by atoms with van der Waals surface area (Å²) < 4.78 is 10.6. The molecule has 0 aliphatic heterocycles. The molecule has 0 saturated heterocycles. The van der Waals surface area contributed by atoms with Gasteiger partial charge in [0.15, 0.2) is 6.10 Å². The van der Waals surface area contributed by atoms with Gasteiger partial charge in [0.05, 0.1) is 6.61 Å². The molecule has 5 heteroatoms. The highest BCUT2D eigenvalue weighted by molar-refractivity contribution is 5.70. The van der Waals surface area contributed by atoms with Crippen LogP contribution in [0, 0.1) is 0 Å². The van der Waals surface area contributed by atoms with Gasteiger partial charge in [-0.25, -0.2) is 0 Å². The summed E-state index contributed by atoms with van der Waals surface area (Å²) in [4.78, 5) is 24.2. The Hall–Kier alpha value is -2.92. The summed E-state index contributed by atoms with van der Waals surface area (Å²) in [6, 6.07) is 0. The molecule has 0 aliphatic carbocycles. The molecule has 0 rings (SSSR count). The summed E-state index contributed by atoms with van der Waals surface area (Å²) >= 11 is 0. The maximum atomic E-state index is 12.1. The van der Waals surface area contributed by atoms with E-state index in [9.17, 15) is 14.7 Å². The minimum atomic E-state index is -0.798. The van der Waals surface area contributed by atoms with E-state index in [0.717, 1.165) is 96.3 Å². The van der Waals surface area contributed by atoms with Crippen LogP contribution in [0.15, 0.2) is 85.1 Å². The largest absolute Gasteiger partial charge is 0.462 e. The average Bonchev–Trinajstić information content (AvgIpc) is 3.07. The molecule has 0 unspecified atom stereocenters. The molecule has 0 aromatic rings. The number of ether oxygens (including phenoxy) is 2. The van der Waals surface area contributed by atoms with Crippen LogP contribution in [0.1, 0.15) is 149 Å². The quantitative estimate of drug-likeness (QED) is 0.0445. The van der Waals surface area contributed by atoms with Crippen molar-refractivity contribution in [3.63, 3.8) is 0 Å². The van der Waals surface area contributed by atoms with E-state index in [1.807, 2.05) is 0 Å². The van der Waals surface area contributed by atoms with Gasteiger partial charge < -0.3 is 14.6 Å². The van der Waals surface area contributed by atoms with Crippen molar-refractivity contribution in [1.29, 1.82) is 0 Å². The van der Waals surface area contributed by atoms with E-state index >= 15 is 0 Å². The van der Waals surface area contributed by atoms with Gasteiger partial charge in [-0.15, -0.1) is 0 Å². The van der Waals surface area contributed by atoms with Crippen molar-refractivity contribution in [2.24, 2.45) is 0 Å². The van der Waals surface area contributed by atoms with Crippen LogP contribution in [0.5, 0.6) is 0 Å². The third-order valence-electron chi connectivity index (χ3n) is 7.42. The lowest BCUT2D eigenvalue weighted by molar-refractivity contribution is -0.161. The standard InChI is InChI=1S/C42H68O5/c1-3-5-7-9-11-13-15-17-19-20-21-22-23-25-27-29-31-33-35-37-42(45)47-40(38-43)39-46-41(44)36-34-32-30-28-26-24-18-16-14-12-10-8-6-4-2/h5,7,10-13,16-19,21-22,25,27,40,43H,3-4,6,8-9,14-15,20,23-24,26,28-39H2,1-2H3/b7-5+,12-10+,13-11+,18-16+,19-17+,22-21+,27-25+/t40-/m0/s1. The summed E-state index contributed by atoms with van der Waals surface area (Å²) in [6.45, 7) is 3.92. The second-order valence-corrected chi connectivity index (χ2v) is 11.9. The summed E-state index contributed by atoms with van der Waals surface area (Å²) in [5.74, 6) is -0.655. The molecule has 0 aromatic carbocycles. The average molecular weight is 653 g/mol. The Kier molecular flexibility index (Phi) is 35.2. The fourth-order valence-electron chi connectivity index (χ4n) is 4.59. The van der Waals surface area contributed by atoms with Gasteiger partial charge in [-0.3, -0.25) is 9.59 Å². The number of esters is 2. The van der Waals surface area contributed by atoms with Crippen molar-refractivity contribution < 1.29 is 24.2 Å². The third kappa shape index (κ3) is 35.8. The summed E-state index contributed by atoms with van der Waals surface area (Å²) in [5, 5.41) is 9.53. The lowest BCUT2D eigenvalue weighted by Crippen LogP contribution is -2.28. The smallest absolute Gasteiger partial charge is 0.306 e. The van der Waals surface area contributed by atoms with Gasteiger partial charge in [0.2, 0.25) is 0 Å².